The molecule has 6 nitrogen and oxygen atoms in total. The predicted octanol–water partition coefficient (Wildman–Crippen LogP) is 2.90. The first kappa shape index (κ1) is 18.4. The lowest BCUT2D eigenvalue weighted by molar-refractivity contribution is 0.0525. The van der Waals surface area contributed by atoms with Crippen LogP contribution in [-0.2, 0) is 4.74 Å². The van der Waals surface area contributed by atoms with Gasteiger partial charge in [0, 0.05) is 37.3 Å². The average molecular weight is 373 g/mol. The van der Waals surface area contributed by atoms with Gasteiger partial charge in [0.15, 0.2) is 0 Å². The molecule has 1 saturated heterocycles. The van der Waals surface area contributed by atoms with Gasteiger partial charge in [-0.25, -0.2) is 9.78 Å². The van der Waals surface area contributed by atoms with Gasteiger partial charge in [0.25, 0.3) is 5.91 Å². The number of rotatable bonds is 4. The van der Waals surface area contributed by atoms with E-state index in [-0.39, 0.29) is 11.9 Å². The Kier molecular flexibility index (Phi) is 5.56. The van der Waals surface area contributed by atoms with Crippen molar-refractivity contribution in [2.45, 2.75) is 20.8 Å². The Morgan fingerprint density at radius 2 is 1.92 bits per heavy atom. The van der Waals surface area contributed by atoms with Crippen LogP contribution in [0.3, 0.4) is 0 Å². The number of carbonyl (C=O) groups excluding carboxylic acids is 2. The van der Waals surface area contributed by atoms with Crippen molar-refractivity contribution >= 4 is 29.0 Å². The third kappa shape index (κ3) is 3.88. The van der Waals surface area contributed by atoms with Crippen LogP contribution in [0.1, 0.15) is 37.4 Å². The molecule has 26 heavy (non-hydrogen) atoms. The van der Waals surface area contributed by atoms with Crippen LogP contribution in [0, 0.1) is 13.8 Å². The average Bonchev–Trinajstić information content (AvgIpc) is 3.00. The van der Waals surface area contributed by atoms with Crippen molar-refractivity contribution < 1.29 is 14.3 Å². The summed E-state index contributed by atoms with van der Waals surface area (Å²) in [6, 6.07) is 5.54. The van der Waals surface area contributed by atoms with Crippen molar-refractivity contribution in [3.8, 4) is 0 Å². The fourth-order valence-corrected chi connectivity index (χ4v) is 3.88. The molecule has 138 valence electrons. The van der Waals surface area contributed by atoms with E-state index in [0.717, 1.165) is 23.8 Å². The van der Waals surface area contributed by atoms with E-state index in [2.05, 4.69) is 9.88 Å². The Morgan fingerprint density at radius 3 is 2.46 bits per heavy atom. The van der Waals surface area contributed by atoms with Crippen LogP contribution < -0.4 is 4.90 Å². The number of thiophene rings is 1. The standard InChI is InChI=1S/C19H23N3O3S/c1-4-25-19(24)15-5-6-17(20-12-15)21-7-9-22(10-8-21)18(23)16-11-13(2)14(3)26-16/h5-6,11-12H,4,7-10H2,1-3H3. The van der Waals surface area contributed by atoms with Crippen LogP contribution in [0.25, 0.3) is 0 Å². The molecule has 1 aliphatic rings. The summed E-state index contributed by atoms with van der Waals surface area (Å²) in [6.07, 6.45) is 1.54. The number of hydrogen-bond donors (Lipinski definition) is 0. The smallest absolute Gasteiger partial charge is 0.339 e. The van der Waals surface area contributed by atoms with Gasteiger partial charge in [0.1, 0.15) is 5.82 Å². The van der Waals surface area contributed by atoms with Crippen LogP contribution >= 0.6 is 11.3 Å². The number of anilines is 1. The number of ether oxygens (including phenoxy) is 1. The fraction of sp³-hybridized carbons (Fsp3) is 0.421. The van der Waals surface area contributed by atoms with Crippen LogP contribution in [0.2, 0.25) is 0 Å². The first-order valence-corrected chi connectivity index (χ1v) is 9.55. The molecule has 0 spiro atoms. The molecular weight excluding hydrogens is 350 g/mol. The van der Waals surface area contributed by atoms with Crippen LogP contribution in [0.4, 0.5) is 5.82 Å². The van der Waals surface area contributed by atoms with Crippen LogP contribution in [0.15, 0.2) is 24.4 Å². The van der Waals surface area contributed by atoms with Gasteiger partial charge in [-0.3, -0.25) is 4.79 Å². The number of nitrogens with zero attached hydrogens (tertiary/aromatic N) is 3. The third-order valence-corrected chi connectivity index (χ3v) is 5.67. The van der Waals surface area contributed by atoms with E-state index >= 15 is 0 Å². The summed E-state index contributed by atoms with van der Waals surface area (Å²) in [5, 5.41) is 0. The summed E-state index contributed by atoms with van der Waals surface area (Å²) in [5.74, 6) is 0.563. The SMILES string of the molecule is CCOC(=O)c1ccc(N2CCN(C(=O)c3cc(C)c(C)s3)CC2)nc1. The van der Waals surface area contributed by atoms with Crippen molar-refractivity contribution in [3.63, 3.8) is 0 Å². The molecule has 1 aliphatic heterocycles. The fourth-order valence-electron chi connectivity index (χ4n) is 2.88. The minimum Gasteiger partial charge on any atom is -0.462 e. The van der Waals surface area contributed by atoms with Crippen molar-refractivity contribution in [1.29, 1.82) is 0 Å². The molecule has 0 atom stereocenters. The lowest BCUT2D eigenvalue weighted by Crippen LogP contribution is -2.48. The number of pyridine rings is 1. The van der Waals surface area contributed by atoms with Gasteiger partial charge in [-0.2, -0.15) is 0 Å². The van der Waals surface area contributed by atoms with Gasteiger partial charge in [0.05, 0.1) is 17.0 Å². The van der Waals surface area contributed by atoms with E-state index in [4.69, 9.17) is 4.74 Å². The van der Waals surface area contributed by atoms with E-state index in [1.54, 1.807) is 30.5 Å². The number of carbonyl (C=O) groups is 2. The van der Waals surface area contributed by atoms with Crippen LogP contribution in [-0.4, -0.2) is 54.5 Å². The van der Waals surface area contributed by atoms with Crippen molar-refractivity contribution in [3.05, 3.63) is 45.3 Å². The number of hydrogen-bond acceptors (Lipinski definition) is 6. The molecule has 2 aromatic rings. The molecule has 1 amide bonds. The normalized spacial score (nSPS) is 14.4. The van der Waals surface area contributed by atoms with Gasteiger partial charge in [-0.05, 0) is 44.5 Å². The number of esters is 1. The molecular formula is C19H23N3O3S. The zero-order valence-corrected chi connectivity index (χ0v) is 16.1. The Labute approximate surface area is 157 Å². The highest BCUT2D eigenvalue weighted by molar-refractivity contribution is 7.14. The Morgan fingerprint density at radius 1 is 1.19 bits per heavy atom. The van der Waals surface area contributed by atoms with E-state index in [1.807, 2.05) is 30.9 Å². The summed E-state index contributed by atoms with van der Waals surface area (Å²) >= 11 is 1.56. The van der Waals surface area contributed by atoms with E-state index in [0.29, 0.717) is 25.3 Å². The number of piperazine rings is 1. The van der Waals surface area contributed by atoms with E-state index in [9.17, 15) is 9.59 Å². The summed E-state index contributed by atoms with van der Waals surface area (Å²) in [6.45, 7) is 8.97. The minimum atomic E-state index is -0.358. The summed E-state index contributed by atoms with van der Waals surface area (Å²) in [4.78, 5) is 34.7. The monoisotopic (exact) mass is 373 g/mol. The Bertz CT molecular complexity index is 773. The summed E-state index contributed by atoms with van der Waals surface area (Å²) in [7, 11) is 0. The second-order valence-electron chi connectivity index (χ2n) is 6.25. The lowest BCUT2D eigenvalue weighted by atomic mass is 10.2. The highest BCUT2D eigenvalue weighted by Crippen LogP contribution is 2.23. The summed E-state index contributed by atoms with van der Waals surface area (Å²) in [5.41, 5.74) is 1.62. The first-order chi connectivity index (χ1) is 12.5. The first-order valence-electron chi connectivity index (χ1n) is 8.74. The van der Waals surface area contributed by atoms with Gasteiger partial charge in [-0.1, -0.05) is 0 Å². The number of amides is 1. The molecule has 3 heterocycles. The summed E-state index contributed by atoms with van der Waals surface area (Å²) < 4.78 is 4.97. The minimum absolute atomic E-state index is 0.108. The maximum absolute atomic E-state index is 12.6. The zero-order chi connectivity index (χ0) is 18.7. The van der Waals surface area contributed by atoms with E-state index < -0.39 is 0 Å². The van der Waals surface area contributed by atoms with Gasteiger partial charge in [0.2, 0.25) is 0 Å². The van der Waals surface area contributed by atoms with Crippen molar-refractivity contribution in [1.82, 2.24) is 9.88 Å². The van der Waals surface area contributed by atoms with Gasteiger partial charge >= 0.3 is 5.97 Å². The van der Waals surface area contributed by atoms with Gasteiger partial charge < -0.3 is 14.5 Å². The molecule has 0 aromatic carbocycles. The maximum atomic E-state index is 12.6. The molecule has 2 aromatic heterocycles. The topological polar surface area (TPSA) is 62.7 Å². The van der Waals surface area contributed by atoms with E-state index in [1.165, 1.54) is 10.4 Å². The van der Waals surface area contributed by atoms with Crippen molar-refractivity contribution in [2.75, 3.05) is 37.7 Å². The number of aryl methyl sites for hydroxylation is 2. The quantitative estimate of drug-likeness (QED) is 0.771. The molecule has 0 radical (unpaired) electrons. The lowest BCUT2D eigenvalue weighted by Gasteiger charge is -2.35. The molecule has 0 bridgehead atoms. The van der Waals surface area contributed by atoms with Crippen LogP contribution in [0.5, 0.6) is 0 Å². The highest BCUT2D eigenvalue weighted by atomic mass is 32.1. The van der Waals surface area contributed by atoms with Crippen molar-refractivity contribution in [2.24, 2.45) is 0 Å². The molecule has 7 heteroatoms. The number of aromatic nitrogens is 1. The molecule has 0 aliphatic carbocycles. The molecule has 1 fully saturated rings. The maximum Gasteiger partial charge on any atom is 0.339 e. The molecule has 0 N–H and O–H groups in total. The highest BCUT2D eigenvalue weighted by Gasteiger charge is 2.24. The Hall–Kier alpha value is -2.41. The Balaban J connectivity index is 1.59. The molecule has 0 unspecified atom stereocenters. The third-order valence-electron chi connectivity index (χ3n) is 4.53. The molecule has 3 rings (SSSR count). The second kappa shape index (κ2) is 7.86. The zero-order valence-electron chi connectivity index (χ0n) is 15.3. The second-order valence-corrected chi connectivity index (χ2v) is 7.51. The largest absolute Gasteiger partial charge is 0.462 e. The molecule has 0 saturated carbocycles. The van der Waals surface area contributed by atoms with Gasteiger partial charge in [-0.15, -0.1) is 11.3 Å². The predicted molar refractivity (Wildman–Crippen MR) is 102 cm³/mol.